The minimum atomic E-state index is -0.262. The summed E-state index contributed by atoms with van der Waals surface area (Å²) >= 11 is 0. The molecule has 0 aliphatic carbocycles. The zero-order valence-corrected chi connectivity index (χ0v) is 3.22. The molecule has 0 spiro atoms. The van der Waals surface area contributed by atoms with Gasteiger partial charge in [0.25, 0.3) is 0 Å². The zero-order chi connectivity index (χ0) is 4.12. The maximum absolute atomic E-state index is 9.19. The summed E-state index contributed by atoms with van der Waals surface area (Å²) in [5, 5.41) is 9.83. The lowest BCUT2D eigenvalue weighted by Gasteiger charge is -1.53. The Bertz CT molecular complexity index is 51.6. The molecule has 0 aromatic rings. The smallest absolute Gasteiger partial charge is 0.208 e. The van der Waals surface area contributed by atoms with Crippen LogP contribution >= 0.6 is 8.46 Å². The summed E-state index contributed by atoms with van der Waals surface area (Å²) in [4.78, 5) is 0. The predicted molar refractivity (Wildman–Crippen MR) is 17.9 cm³/mol. The molecule has 5 heavy (non-hydrogen) atoms. The lowest BCUT2D eigenvalue weighted by atomic mass is 11.7. The summed E-state index contributed by atoms with van der Waals surface area (Å²) in [6.45, 7) is 0. The van der Waals surface area contributed by atoms with E-state index in [0.717, 1.165) is 5.96 Å². The SMILES string of the molecule is O=PC=NO. The second-order valence-electron chi connectivity index (χ2n) is 0.336. The fraction of sp³-hybridized carbons (Fsp3) is 0. The number of rotatable bonds is 1. The molecule has 0 fully saturated rings. The van der Waals surface area contributed by atoms with Gasteiger partial charge in [0.05, 0.1) is 0 Å². The molecule has 0 radical (unpaired) electrons. The first-order valence-corrected chi connectivity index (χ1v) is 1.78. The molecule has 0 aromatic heterocycles. The lowest BCUT2D eigenvalue weighted by Crippen LogP contribution is -1.45. The highest BCUT2D eigenvalue weighted by Crippen LogP contribution is 1.76. The van der Waals surface area contributed by atoms with Gasteiger partial charge in [-0.2, -0.15) is 0 Å². The van der Waals surface area contributed by atoms with Crippen molar-refractivity contribution >= 4 is 14.4 Å². The molecule has 3 nitrogen and oxygen atoms in total. The molecule has 0 rings (SSSR count). The van der Waals surface area contributed by atoms with Gasteiger partial charge < -0.3 is 5.21 Å². The summed E-state index contributed by atoms with van der Waals surface area (Å²) in [5.41, 5.74) is 0. The van der Waals surface area contributed by atoms with Gasteiger partial charge in [-0.1, -0.05) is 5.16 Å². The Balaban J connectivity index is 2.92. The summed E-state index contributed by atoms with van der Waals surface area (Å²) in [7, 11) is -0.262. The predicted octanol–water partition coefficient (Wildman–Crippen LogP) is 0.696. The lowest BCUT2D eigenvalue weighted by molar-refractivity contribution is 0.323. The van der Waals surface area contributed by atoms with Crippen LogP contribution in [-0.4, -0.2) is 11.2 Å². The van der Waals surface area contributed by atoms with Gasteiger partial charge in [0.1, 0.15) is 5.96 Å². The first kappa shape index (κ1) is 4.57. The van der Waals surface area contributed by atoms with Crippen LogP contribution in [0, 0.1) is 0 Å². The summed E-state index contributed by atoms with van der Waals surface area (Å²) in [6, 6.07) is 0. The van der Waals surface area contributed by atoms with Crippen molar-refractivity contribution in [3.8, 4) is 0 Å². The highest BCUT2D eigenvalue weighted by atomic mass is 31.1. The molecule has 0 aliphatic heterocycles. The molecule has 0 heterocycles. The second kappa shape index (κ2) is 3.57. The molecule has 0 saturated carbocycles. The van der Waals surface area contributed by atoms with Crippen molar-refractivity contribution in [2.75, 3.05) is 0 Å². The third kappa shape index (κ3) is 3.57. The quantitative estimate of drug-likeness (QED) is 0.223. The van der Waals surface area contributed by atoms with Crippen LogP contribution in [0.3, 0.4) is 0 Å². The van der Waals surface area contributed by atoms with Crippen molar-refractivity contribution < 1.29 is 9.77 Å². The first-order valence-electron chi connectivity index (χ1n) is 0.899. The van der Waals surface area contributed by atoms with Gasteiger partial charge in [-0.15, -0.1) is 0 Å². The Kier molecular flexibility index (Phi) is 3.26. The maximum Gasteiger partial charge on any atom is 0.208 e. The molecule has 28 valence electrons. The first-order chi connectivity index (χ1) is 2.41. The van der Waals surface area contributed by atoms with E-state index in [-0.39, 0.29) is 8.46 Å². The fourth-order valence-corrected chi connectivity index (χ4v) is 0.0632. The third-order valence-corrected chi connectivity index (χ3v) is 0.296. The summed E-state index contributed by atoms with van der Waals surface area (Å²) in [5.74, 6) is 0.847. The number of oxime groups is 1. The normalized spacial score (nSPS) is 10.4. The van der Waals surface area contributed by atoms with Crippen LogP contribution in [0.5, 0.6) is 0 Å². The summed E-state index contributed by atoms with van der Waals surface area (Å²) < 4.78 is 9.19. The molecule has 4 heteroatoms. The van der Waals surface area contributed by atoms with E-state index in [1.54, 1.807) is 0 Å². The highest BCUT2D eigenvalue weighted by molar-refractivity contribution is 7.43. The Hall–Kier alpha value is -0.430. The van der Waals surface area contributed by atoms with Gasteiger partial charge in [-0.3, -0.25) is 4.57 Å². The van der Waals surface area contributed by atoms with Crippen molar-refractivity contribution in [2.45, 2.75) is 0 Å². The van der Waals surface area contributed by atoms with E-state index >= 15 is 0 Å². The largest absolute Gasteiger partial charge is 0.410 e. The van der Waals surface area contributed by atoms with Crippen molar-refractivity contribution in [2.24, 2.45) is 5.16 Å². The van der Waals surface area contributed by atoms with Crippen LogP contribution in [0.2, 0.25) is 0 Å². The van der Waals surface area contributed by atoms with E-state index in [0.29, 0.717) is 0 Å². The average molecular weight is 91.0 g/mol. The van der Waals surface area contributed by atoms with E-state index in [4.69, 9.17) is 5.21 Å². The average Bonchev–Trinajstić information content (AvgIpc) is 1.41. The van der Waals surface area contributed by atoms with Gasteiger partial charge >= 0.3 is 0 Å². The van der Waals surface area contributed by atoms with E-state index in [1.165, 1.54) is 0 Å². The van der Waals surface area contributed by atoms with Gasteiger partial charge in [0.2, 0.25) is 8.46 Å². The molecular weight excluding hydrogens is 89.0 g/mol. The molecule has 0 atom stereocenters. The van der Waals surface area contributed by atoms with Crippen LogP contribution in [0.4, 0.5) is 0 Å². The van der Waals surface area contributed by atoms with Gasteiger partial charge in [0, 0.05) is 0 Å². The van der Waals surface area contributed by atoms with Crippen LogP contribution in [-0.2, 0) is 4.57 Å². The van der Waals surface area contributed by atoms with E-state index < -0.39 is 0 Å². The van der Waals surface area contributed by atoms with Crippen molar-refractivity contribution in [1.82, 2.24) is 0 Å². The van der Waals surface area contributed by atoms with E-state index in [9.17, 15) is 4.57 Å². The second-order valence-corrected chi connectivity index (χ2v) is 0.778. The van der Waals surface area contributed by atoms with Gasteiger partial charge in [0.15, 0.2) is 0 Å². The highest BCUT2D eigenvalue weighted by Gasteiger charge is 1.54. The third-order valence-electron chi connectivity index (χ3n) is 0.0988. The number of hydrogen-bond acceptors (Lipinski definition) is 3. The van der Waals surface area contributed by atoms with Crippen molar-refractivity contribution in [3.63, 3.8) is 0 Å². The topological polar surface area (TPSA) is 49.7 Å². The number of hydrogen-bond donors (Lipinski definition) is 1. The molecule has 0 bridgehead atoms. The van der Waals surface area contributed by atoms with E-state index in [1.807, 2.05) is 0 Å². The van der Waals surface area contributed by atoms with Crippen LogP contribution < -0.4 is 0 Å². The zero-order valence-electron chi connectivity index (χ0n) is 2.33. The molecule has 0 aliphatic rings. The Morgan fingerprint density at radius 1 is 2.00 bits per heavy atom. The summed E-state index contributed by atoms with van der Waals surface area (Å²) in [6.07, 6.45) is 0. The molecule has 1 N–H and O–H groups in total. The molecule has 0 amide bonds. The minimum absolute atomic E-state index is 0.262. The molecule has 0 saturated heterocycles. The fourth-order valence-electron chi connectivity index (χ4n) is 0.0211. The van der Waals surface area contributed by atoms with E-state index in [2.05, 4.69) is 5.16 Å². The minimum Gasteiger partial charge on any atom is -0.410 e. The van der Waals surface area contributed by atoms with Crippen LogP contribution in [0.1, 0.15) is 0 Å². The molecule has 0 aromatic carbocycles. The Morgan fingerprint density at radius 2 is 2.60 bits per heavy atom. The Morgan fingerprint density at radius 3 is 2.60 bits per heavy atom. The molecule has 0 unspecified atom stereocenters. The Labute approximate surface area is 30.5 Å². The standard InChI is InChI=1S/CH2NO2P/c3-2-1-5-4/h1,3H. The van der Waals surface area contributed by atoms with Gasteiger partial charge in [-0.05, 0) is 0 Å². The number of nitrogens with zero attached hydrogens (tertiary/aromatic N) is 1. The molecular formula is CH2NO2P. The van der Waals surface area contributed by atoms with Crippen LogP contribution in [0.15, 0.2) is 5.16 Å². The van der Waals surface area contributed by atoms with Crippen molar-refractivity contribution in [1.29, 1.82) is 0 Å². The van der Waals surface area contributed by atoms with Gasteiger partial charge in [-0.25, -0.2) is 0 Å². The van der Waals surface area contributed by atoms with Crippen molar-refractivity contribution in [3.05, 3.63) is 0 Å². The van der Waals surface area contributed by atoms with Crippen LogP contribution in [0.25, 0.3) is 0 Å². The maximum atomic E-state index is 9.19. The monoisotopic (exact) mass is 91.0 g/mol.